The Balaban J connectivity index is 2.30. The van der Waals surface area contributed by atoms with E-state index in [0.717, 1.165) is 26.1 Å². The predicted molar refractivity (Wildman–Crippen MR) is 78.4 cm³/mol. The van der Waals surface area contributed by atoms with Crippen molar-refractivity contribution < 1.29 is 4.74 Å². The fourth-order valence-corrected chi connectivity index (χ4v) is 3.11. The Morgan fingerprint density at radius 1 is 1.50 bits per heavy atom. The van der Waals surface area contributed by atoms with E-state index in [9.17, 15) is 0 Å². The molecule has 3 nitrogen and oxygen atoms in total. The van der Waals surface area contributed by atoms with Crippen LogP contribution < -0.4 is 10.6 Å². The van der Waals surface area contributed by atoms with E-state index in [1.165, 1.54) is 16.1 Å². The molecule has 0 aliphatic carbocycles. The molecule has 100 valence electrons. The highest BCUT2D eigenvalue weighted by atomic mass is 32.2. The van der Waals surface area contributed by atoms with E-state index in [2.05, 4.69) is 36.3 Å². The van der Waals surface area contributed by atoms with Crippen molar-refractivity contribution in [3.05, 3.63) is 23.8 Å². The molecular formula is C14H22N2OS. The lowest BCUT2D eigenvalue weighted by molar-refractivity contribution is 0.0821. The third kappa shape index (κ3) is 2.99. The van der Waals surface area contributed by atoms with Crippen LogP contribution in [-0.4, -0.2) is 32.1 Å². The van der Waals surface area contributed by atoms with Crippen LogP contribution in [-0.2, 0) is 11.3 Å². The van der Waals surface area contributed by atoms with Gasteiger partial charge in [0, 0.05) is 42.4 Å². The first kappa shape index (κ1) is 13.7. The number of anilines is 1. The number of thioether (sulfide) groups is 1. The average Bonchev–Trinajstić information content (AvgIpc) is 2.62. The number of rotatable bonds is 3. The molecule has 1 fully saturated rings. The molecule has 18 heavy (non-hydrogen) atoms. The van der Waals surface area contributed by atoms with E-state index in [1.54, 1.807) is 11.8 Å². The molecule has 0 saturated carbocycles. The SMILES string of the molecule is CSc1cccc(N2CCCOC(C)C2)c1CN. The first-order valence-electron chi connectivity index (χ1n) is 6.48. The summed E-state index contributed by atoms with van der Waals surface area (Å²) in [6.07, 6.45) is 3.47. The standard InChI is InChI=1S/C14H22N2OS/c1-11-10-16(7-4-8-17-11)13-5-3-6-14(18-2)12(13)9-15/h3,5-6,11H,4,7-10,15H2,1-2H3. The molecule has 2 rings (SSSR count). The van der Waals surface area contributed by atoms with Gasteiger partial charge in [0.2, 0.25) is 0 Å². The summed E-state index contributed by atoms with van der Waals surface area (Å²) >= 11 is 1.77. The number of hydrogen-bond donors (Lipinski definition) is 1. The maximum atomic E-state index is 5.94. The molecule has 1 aliphatic rings. The fraction of sp³-hybridized carbons (Fsp3) is 0.571. The van der Waals surface area contributed by atoms with Crippen LogP contribution in [0.4, 0.5) is 5.69 Å². The molecule has 1 aliphatic heterocycles. The monoisotopic (exact) mass is 266 g/mol. The van der Waals surface area contributed by atoms with Gasteiger partial charge in [-0.25, -0.2) is 0 Å². The molecule has 1 unspecified atom stereocenters. The molecule has 1 saturated heterocycles. The summed E-state index contributed by atoms with van der Waals surface area (Å²) in [5.74, 6) is 0. The van der Waals surface area contributed by atoms with Gasteiger partial charge in [0.25, 0.3) is 0 Å². The normalized spacial score (nSPS) is 20.8. The van der Waals surface area contributed by atoms with Gasteiger partial charge in [-0.1, -0.05) is 6.07 Å². The molecule has 4 heteroatoms. The van der Waals surface area contributed by atoms with Crippen molar-refractivity contribution in [1.82, 2.24) is 0 Å². The third-order valence-corrected chi connectivity index (χ3v) is 4.15. The number of nitrogens with two attached hydrogens (primary N) is 1. The number of nitrogens with zero attached hydrogens (tertiary/aromatic N) is 1. The lowest BCUT2D eigenvalue weighted by Gasteiger charge is -2.27. The van der Waals surface area contributed by atoms with Crippen LogP contribution in [0.1, 0.15) is 18.9 Å². The van der Waals surface area contributed by atoms with E-state index in [0.29, 0.717) is 6.54 Å². The van der Waals surface area contributed by atoms with Gasteiger partial charge in [0.15, 0.2) is 0 Å². The zero-order chi connectivity index (χ0) is 13.0. The minimum absolute atomic E-state index is 0.288. The third-order valence-electron chi connectivity index (χ3n) is 3.33. The Morgan fingerprint density at radius 3 is 3.06 bits per heavy atom. The van der Waals surface area contributed by atoms with Gasteiger partial charge in [-0.15, -0.1) is 11.8 Å². The van der Waals surface area contributed by atoms with Crippen molar-refractivity contribution in [2.45, 2.75) is 30.9 Å². The van der Waals surface area contributed by atoms with Crippen LogP contribution in [0.5, 0.6) is 0 Å². The molecule has 0 spiro atoms. The van der Waals surface area contributed by atoms with Crippen LogP contribution in [0, 0.1) is 0 Å². The molecule has 0 bridgehead atoms. The summed E-state index contributed by atoms with van der Waals surface area (Å²) in [7, 11) is 0. The van der Waals surface area contributed by atoms with Crippen molar-refractivity contribution in [2.24, 2.45) is 5.73 Å². The lowest BCUT2D eigenvalue weighted by atomic mass is 10.1. The molecule has 1 aromatic carbocycles. The highest BCUT2D eigenvalue weighted by Crippen LogP contribution is 2.30. The molecule has 2 N–H and O–H groups in total. The largest absolute Gasteiger partial charge is 0.377 e. The quantitative estimate of drug-likeness (QED) is 0.853. The maximum absolute atomic E-state index is 5.94. The Labute approximate surface area is 114 Å². The molecular weight excluding hydrogens is 244 g/mol. The second kappa shape index (κ2) is 6.45. The first-order chi connectivity index (χ1) is 8.76. The van der Waals surface area contributed by atoms with Crippen molar-refractivity contribution in [1.29, 1.82) is 0 Å². The van der Waals surface area contributed by atoms with Gasteiger partial charge in [-0.3, -0.25) is 0 Å². The van der Waals surface area contributed by atoms with Gasteiger partial charge in [-0.05, 0) is 31.7 Å². The molecule has 1 heterocycles. The van der Waals surface area contributed by atoms with Crippen LogP contribution in [0.15, 0.2) is 23.1 Å². The predicted octanol–water partition coefficient (Wildman–Crippen LogP) is 2.48. The van der Waals surface area contributed by atoms with E-state index in [4.69, 9.17) is 10.5 Å². The van der Waals surface area contributed by atoms with Crippen LogP contribution in [0.25, 0.3) is 0 Å². The lowest BCUT2D eigenvalue weighted by Crippen LogP contribution is -2.31. The summed E-state index contributed by atoms with van der Waals surface area (Å²) in [5.41, 5.74) is 8.48. The fourth-order valence-electron chi connectivity index (χ4n) is 2.46. The van der Waals surface area contributed by atoms with Gasteiger partial charge >= 0.3 is 0 Å². The molecule has 0 radical (unpaired) electrons. The van der Waals surface area contributed by atoms with Crippen molar-refractivity contribution >= 4 is 17.4 Å². The molecule has 1 aromatic rings. The minimum atomic E-state index is 0.288. The highest BCUT2D eigenvalue weighted by molar-refractivity contribution is 7.98. The zero-order valence-corrected chi connectivity index (χ0v) is 12.0. The van der Waals surface area contributed by atoms with Crippen molar-refractivity contribution in [3.8, 4) is 0 Å². The van der Waals surface area contributed by atoms with Crippen LogP contribution >= 0.6 is 11.8 Å². The van der Waals surface area contributed by atoms with Gasteiger partial charge < -0.3 is 15.4 Å². The summed E-state index contributed by atoms with van der Waals surface area (Å²) in [5, 5.41) is 0. The topological polar surface area (TPSA) is 38.5 Å². The Hall–Kier alpha value is -0.710. The zero-order valence-electron chi connectivity index (χ0n) is 11.2. The summed E-state index contributed by atoms with van der Waals surface area (Å²) in [6.45, 7) is 5.59. The Bertz CT molecular complexity index is 397. The van der Waals surface area contributed by atoms with Gasteiger partial charge in [0.1, 0.15) is 0 Å². The number of ether oxygens (including phenoxy) is 1. The Kier molecular flexibility index (Phi) is 4.92. The molecule has 0 amide bonds. The Morgan fingerprint density at radius 2 is 2.33 bits per heavy atom. The van der Waals surface area contributed by atoms with E-state index < -0.39 is 0 Å². The van der Waals surface area contributed by atoms with E-state index in [-0.39, 0.29) is 6.10 Å². The van der Waals surface area contributed by atoms with Crippen molar-refractivity contribution in [3.63, 3.8) is 0 Å². The van der Waals surface area contributed by atoms with E-state index >= 15 is 0 Å². The van der Waals surface area contributed by atoms with Crippen molar-refractivity contribution in [2.75, 3.05) is 30.9 Å². The average molecular weight is 266 g/mol. The maximum Gasteiger partial charge on any atom is 0.0721 e. The number of benzene rings is 1. The first-order valence-corrected chi connectivity index (χ1v) is 7.71. The molecule has 1 atom stereocenters. The second-order valence-corrected chi connectivity index (χ2v) is 5.49. The highest BCUT2D eigenvalue weighted by Gasteiger charge is 2.18. The summed E-state index contributed by atoms with van der Waals surface area (Å²) in [4.78, 5) is 3.70. The number of hydrogen-bond acceptors (Lipinski definition) is 4. The summed E-state index contributed by atoms with van der Waals surface area (Å²) in [6, 6.07) is 6.45. The molecule has 0 aromatic heterocycles. The van der Waals surface area contributed by atoms with Crippen LogP contribution in [0.2, 0.25) is 0 Å². The summed E-state index contributed by atoms with van der Waals surface area (Å²) < 4.78 is 5.71. The van der Waals surface area contributed by atoms with E-state index in [1.807, 2.05) is 0 Å². The second-order valence-electron chi connectivity index (χ2n) is 4.64. The smallest absolute Gasteiger partial charge is 0.0721 e. The van der Waals surface area contributed by atoms with Crippen LogP contribution in [0.3, 0.4) is 0 Å². The van der Waals surface area contributed by atoms with Gasteiger partial charge in [-0.2, -0.15) is 0 Å². The minimum Gasteiger partial charge on any atom is -0.377 e. The van der Waals surface area contributed by atoms with Gasteiger partial charge in [0.05, 0.1) is 6.10 Å².